The minimum atomic E-state index is -1.13. The first kappa shape index (κ1) is 15.9. The van der Waals surface area contributed by atoms with Gasteiger partial charge in [0.2, 0.25) is 0 Å². The van der Waals surface area contributed by atoms with Gasteiger partial charge in [-0.3, -0.25) is 0 Å². The van der Waals surface area contributed by atoms with Crippen molar-refractivity contribution in [1.82, 2.24) is 0 Å². The number of carboxylic acids is 1. The van der Waals surface area contributed by atoms with Crippen molar-refractivity contribution in [3.63, 3.8) is 0 Å². The van der Waals surface area contributed by atoms with Gasteiger partial charge in [-0.25, -0.2) is 4.57 Å². The van der Waals surface area contributed by atoms with E-state index in [1.165, 1.54) is 30.5 Å². The van der Waals surface area contributed by atoms with Crippen LogP contribution >= 0.6 is 0 Å². The lowest BCUT2D eigenvalue weighted by Crippen LogP contribution is -2.32. The van der Waals surface area contributed by atoms with Gasteiger partial charge in [-0.05, 0) is 18.1 Å². The van der Waals surface area contributed by atoms with E-state index in [4.69, 9.17) is 0 Å². The maximum absolute atomic E-state index is 10.1. The molecule has 0 unspecified atom stereocenters. The zero-order chi connectivity index (χ0) is 14.8. The highest BCUT2D eigenvalue weighted by Gasteiger charge is 1.96. The summed E-state index contributed by atoms with van der Waals surface area (Å²) in [6, 6.07) is 12.4. The largest absolute Gasteiger partial charge is 0.545 e. The molecule has 1 heterocycles. The van der Waals surface area contributed by atoms with Crippen molar-refractivity contribution >= 4 is 5.97 Å². The maximum atomic E-state index is 10.1. The number of aromatic nitrogens is 1. The van der Waals surface area contributed by atoms with Crippen LogP contribution in [0.25, 0.3) is 0 Å². The first-order valence-electron chi connectivity index (χ1n) is 6.85. The molecule has 1 aromatic carbocycles. The fourth-order valence-corrected chi connectivity index (χ4v) is 1.60. The number of carbonyl (C=O) groups excluding carboxylic acids is 1. The van der Waals surface area contributed by atoms with Gasteiger partial charge in [0.25, 0.3) is 0 Å². The fraction of sp³-hybridized carbons (Fsp3) is 0.294. The Balaban J connectivity index is 0.000000204. The molecule has 3 heteroatoms. The summed E-state index contributed by atoms with van der Waals surface area (Å²) >= 11 is 0. The van der Waals surface area contributed by atoms with E-state index in [0.717, 1.165) is 6.54 Å². The topological polar surface area (TPSA) is 44.0 Å². The number of unbranched alkanes of at least 4 members (excludes halogenated alkanes) is 1. The van der Waals surface area contributed by atoms with Crippen molar-refractivity contribution in [1.29, 1.82) is 0 Å². The van der Waals surface area contributed by atoms with E-state index in [2.05, 4.69) is 42.9 Å². The first-order chi connectivity index (χ1) is 9.63. The molecule has 20 heavy (non-hydrogen) atoms. The van der Waals surface area contributed by atoms with E-state index >= 15 is 0 Å². The van der Waals surface area contributed by atoms with Crippen molar-refractivity contribution in [3.05, 3.63) is 66.0 Å². The molecule has 0 aliphatic carbocycles. The van der Waals surface area contributed by atoms with Crippen molar-refractivity contribution in [2.45, 2.75) is 33.2 Å². The molecule has 3 nitrogen and oxygen atoms in total. The third-order valence-electron chi connectivity index (χ3n) is 2.84. The number of hydrogen-bond donors (Lipinski definition) is 0. The van der Waals surface area contributed by atoms with Gasteiger partial charge < -0.3 is 9.90 Å². The van der Waals surface area contributed by atoms with E-state index in [-0.39, 0.29) is 5.56 Å². The van der Waals surface area contributed by atoms with Crippen LogP contribution in [0.15, 0.2) is 54.9 Å². The van der Waals surface area contributed by atoms with E-state index in [0.29, 0.717) is 0 Å². The van der Waals surface area contributed by atoms with Crippen molar-refractivity contribution < 1.29 is 14.5 Å². The van der Waals surface area contributed by atoms with Crippen LogP contribution in [-0.4, -0.2) is 5.97 Å². The number of pyridine rings is 1. The first-order valence-corrected chi connectivity index (χ1v) is 6.85. The number of hydrogen-bond acceptors (Lipinski definition) is 2. The van der Waals surface area contributed by atoms with E-state index < -0.39 is 5.97 Å². The molecular weight excluding hydrogens is 250 g/mol. The zero-order valence-electron chi connectivity index (χ0n) is 12.1. The molecule has 0 atom stereocenters. The van der Waals surface area contributed by atoms with Crippen molar-refractivity contribution in [3.8, 4) is 0 Å². The molecule has 0 fully saturated rings. The molecule has 0 saturated carbocycles. The second-order valence-electron chi connectivity index (χ2n) is 4.62. The van der Waals surface area contributed by atoms with E-state index in [1.54, 1.807) is 18.2 Å². The molecule has 0 N–H and O–H groups in total. The van der Waals surface area contributed by atoms with E-state index in [1.807, 2.05) is 0 Å². The average Bonchev–Trinajstić information content (AvgIpc) is 2.48. The fourth-order valence-electron chi connectivity index (χ4n) is 1.60. The predicted molar refractivity (Wildman–Crippen MR) is 77.1 cm³/mol. The Hall–Kier alpha value is -2.16. The summed E-state index contributed by atoms with van der Waals surface area (Å²) in [4.78, 5) is 10.1. The number of nitrogens with zero attached hydrogens (tertiary/aromatic N) is 1. The van der Waals surface area contributed by atoms with Crippen LogP contribution in [0.2, 0.25) is 0 Å². The number of benzene rings is 1. The highest BCUT2D eigenvalue weighted by atomic mass is 16.4. The van der Waals surface area contributed by atoms with Crippen molar-refractivity contribution in [2.75, 3.05) is 0 Å². The third-order valence-corrected chi connectivity index (χ3v) is 2.84. The summed E-state index contributed by atoms with van der Waals surface area (Å²) in [7, 11) is 0. The Morgan fingerprint density at radius 3 is 2.15 bits per heavy atom. The molecule has 2 aromatic rings. The van der Waals surface area contributed by atoms with Crippen LogP contribution in [0.3, 0.4) is 0 Å². The minimum absolute atomic E-state index is 0.220. The molecular formula is C17H21NO2. The number of aromatic carboxylic acids is 1. The summed E-state index contributed by atoms with van der Waals surface area (Å²) in [5.74, 6) is -1.13. The van der Waals surface area contributed by atoms with Crippen LogP contribution in [0.4, 0.5) is 0 Å². The lowest BCUT2D eigenvalue weighted by atomic mass is 10.2. The second-order valence-corrected chi connectivity index (χ2v) is 4.62. The minimum Gasteiger partial charge on any atom is -0.545 e. The normalized spacial score (nSPS) is 9.50. The summed E-state index contributed by atoms with van der Waals surface area (Å²) < 4.78 is 2.23. The van der Waals surface area contributed by atoms with Gasteiger partial charge in [-0.1, -0.05) is 43.7 Å². The van der Waals surface area contributed by atoms with Crippen LogP contribution in [0.1, 0.15) is 35.7 Å². The summed E-state index contributed by atoms with van der Waals surface area (Å²) in [5, 5.41) is 10.1. The maximum Gasteiger partial charge on any atom is 0.169 e. The molecule has 0 aliphatic heterocycles. The molecule has 1 aromatic heterocycles. The smallest absolute Gasteiger partial charge is 0.169 e. The molecule has 0 aliphatic rings. The van der Waals surface area contributed by atoms with Gasteiger partial charge in [-0.15, -0.1) is 0 Å². The zero-order valence-corrected chi connectivity index (χ0v) is 12.1. The van der Waals surface area contributed by atoms with Crippen LogP contribution in [-0.2, 0) is 6.54 Å². The summed E-state index contributed by atoms with van der Waals surface area (Å²) in [6.07, 6.45) is 6.82. The number of carbonyl (C=O) groups is 1. The second kappa shape index (κ2) is 8.86. The predicted octanol–water partition coefficient (Wildman–Crippen LogP) is 2.13. The molecule has 2 rings (SSSR count). The Bertz CT molecular complexity index is 506. The Morgan fingerprint density at radius 1 is 1.10 bits per heavy atom. The molecule has 0 bridgehead atoms. The summed E-state index contributed by atoms with van der Waals surface area (Å²) in [6.45, 7) is 5.48. The van der Waals surface area contributed by atoms with Gasteiger partial charge in [-0.2, -0.15) is 0 Å². The molecule has 106 valence electrons. The average molecular weight is 271 g/mol. The number of rotatable bonds is 4. The van der Waals surface area contributed by atoms with E-state index in [9.17, 15) is 9.90 Å². The SMILES string of the molecule is CCCC[n+]1ccc(C)cc1.O=C([O-])c1ccccc1. The Labute approximate surface area is 120 Å². The van der Waals surface area contributed by atoms with Crippen LogP contribution < -0.4 is 9.67 Å². The van der Waals surface area contributed by atoms with Crippen molar-refractivity contribution in [2.24, 2.45) is 0 Å². The summed E-state index contributed by atoms with van der Waals surface area (Å²) in [5.41, 5.74) is 1.55. The standard InChI is InChI=1S/C10H16N.C7H6O2/c1-3-4-7-11-8-5-10(2)6-9-11;8-7(9)6-4-2-1-3-5-6/h5-6,8-9H,3-4,7H2,1-2H3;1-5H,(H,8,9)/q+1;/p-1. The lowest BCUT2D eigenvalue weighted by Gasteiger charge is -1.97. The van der Waals surface area contributed by atoms with Gasteiger partial charge >= 0.3 is 0 Å². The van der Waals surface area contributed by atoms with Gasteiger partial charge in [0.05, 0.1) is 5.97 Å². The number of carboxylic acid groups (broad SMARTS) is 1. The third kappa shape index (κ3) is 6.14. The molecule has 0 radical (unpaired) electrons. The Morgan fingerprint density at radius 2 is 1.70 bits per heavy atom. The molecule has 0 amide bonds. The highest BCUT2D eigenvalue weighted by molar-refractivity contribution is 5.85. The van der Waals surface area contributed by atoms with Gasteiger partial charge in [0, 0.05) is 18.6 Å². The van der Waals surface area contributed by atoms with Crippen LogP contribution in [0, 0.1) is 6.92 Å². The monoisotopic (exact) mass is 271 g/mol. The van der Waals surface area contributed by atoms with Gasteiger partial charge in [0.1, 0.15) is 6.54 Å². The Kier molecular flexibility index (Phi) is 7.04. The van der Waals surface area contributed by atoms with Gasteiger partial charge in [0.15, 0.2) is 12.4 Å². The van der Waals surface area contributed by atoms with Crippen LogP contribution in [0.5, 0.6) is 0 Å². The number of aryl methyl sites for hydroxylation is 2. The molecule has 0 saturated heterocycles. The quantitative estimate of drug-likeness (QED) is 0.800. The molecule has 0 spiro atoms. The highest BCUT2D eigenvalue weighted by Crippen LogP contribution is 1.94. The lowest BCUT2D eigenvalue weighted by molar-refractivity contribution is -0.697.